The molecule has 2 rings (SSSR count). The molecule has 2 heterocycles. The van der Waals surface area contributed by atoms with Crippen molar-refractivity contribution >= 4 is 18.3 Å². The van der Waals surface area contributed by atoms with Crippen LogP contribution in [0, 0.1) is 0 Å². The van der Waals surface area contributed by atoms with Crippen molar-refractivity contribution in [3.63, 3.8) is 0 Å². The molecule has 0 aromatic rings. The van der Waals surface area contributed by atoms with Crippen LogP contribution in [0.25, 0.3) is 0 Å². The van der Waals surface area contributed by atoms with E-state index in [1.165, 1.54) is 12.8 Å². The van der Waals surface area contributed by atoms with Gasteiger partial charge in [0.1, 0.15) is 0 Å². The number of rotatable bonds is 2. The molecule has 0 radical (unpaired) electrons. The monoisotopic (exact) mass is 248 g/mol. The SMILES string of the molecule is CO[C@@H]1CCN(C(=O)[C@H]2CCCCN2)C1.Cl. The van der Waals surface area contributed by atoms with E-state index < -0.39 is 0 Å². The molecule has 1 N–H and O–H groups in total. The van der Waals surface area contributed by atoms with Gasteiger partial charge in [-0.3, -0.25) is 4.79 Å². The number of methoxy groups -OCH3 is 1. The van der Waals surface area contributed by atoms with Crippen molar-refractivity contribution in [2.24, 2.45) is 0 Å². The van der Waals surface area contributed by atoms with Gasteiger partial charge in [-0.1, -0.05) is 6.42 Å². The summed E-state index contributed by atoms with van der Waals surface area (Å²) < 4.78 is 5.26. The van der Waals surface area contributed by atoms with Crippen LogP contribution in [-0.4, -0.2) is 49.7 Å². The van der Waals surface area contributed by atoms with Crippen LogP contribution in [0.15, 0.2) is 0 Å². The van der Waals surface area contributed by atoms with Gasteiger partial charge in [0.2, 0.25) is 5.91 Å². The fraction of sp³-hybridized carbons (Fsp3) is 0.909. The van der Waals surface area contributed by atoms with Gasteiger partial charge in [0, 0.05) is 20.2 Å². The minimum absolute atomic E-state index is 0. The van der Waals surface area contributed by atoms with Gasteiger partial charge in [0.15, 0.2) is 0 Å². The first-order valence-electron chi connectivity index (χ1n) is 5.86. The smallest absolute Gasteiger partial charge is 0.239 e. The Kier molecular flexibility index (Phi) is 5.52. The second-order valence-corrected chi connectivity index (χ2v) is 4.43. The molecule has 2 atom stereocenters. The molecule has 2 saturated heterocycles. The Hall–Kier alpha value is -0.320. The summed E-state index contributed by atoms with van der Waals surface area (Å²) in [6.07, 6.45) is 4.59. The van der Waals surface area contributed by atoms with E-state index in [1.807, 2.05) is 4.90 Å². The van der Waals surface area contributed by atoms with E-state index in [0.717, 1.165) is 32.5 Å². The molecule has 0 aromatic carbocycles. The van der Waals surface area contributed by atoms with Crippen LogP contribution in [-0.2, 0) is 9.53 Å². The van der Waals surface area contributed by atoms with Crippen molar-refractivity contribution in [3.05, 3.63) is 0 Å². The molecule has 0 spiro atoms. The molecule has 1 amide bonds. The Labute approximate surface area is 103 Å². The molecular weight excluding hydrogens is 228 g/mol. The first-order chi connectivity index (χ1) is 7.31. The summed E-state index contributed by atoms with van der Waals surface area (Å²) in [5, 5.41) is 3.30. The molecule has 5 heteroatoms. The van der Waals surface area contributed by atoms with Crippen molar-refractivity contribution in [2.75, 3.05) is 26.7 Å². The summed E-state index contributed by atoms with van der Waals surface area (Å²) in [5.41, 5.74) is 0. The van der Waals surface area contributed by atoms with E-state index in [9.17, 15) is 4.79 Å². The van der Waals surface area contributed by atoms with Gasteiger partial charge < -0.3 is 15.0 Å². The van der Waals surface area contributed by atoms with Gasteiger partial charge in [0.25, 0.3) is 0 Å². The Bertz CT molecular complexity index is 232. The van der Waals surface area contributed by atoms with Crippen LogP contribution in [0.3, 0.4) is 0 Å². The lowest BCUT2D eigenvalue weighted by Gasteiger charge is -2.27. The second-order valence-electron chi connectivity index (χ2n) is 4.43. The summed E-state index contributed by atoms with van der Waals surface area (Å²) in [7, 11) is 1.72. The zero-order valence-corrected chi connectivity index (χ0v) is 10.6. The molecule has 94 valence electrons. The predicted molar refractivity (Wildman–Crippen MR) is 64.9 cm³/mol. The lowest BCUT2D eigenvalue weighted by atomic mass is 10.0. The minimum atomic E-state index is 0. The van der Waals surface area contributed by atoms with E-state index in [4.69, 9.17) is 4.74 Å². The van der Waals surface area contributed by atoms with Crippen LogP contribution in [0.2, 0.25) is 0 Å². The molecular formula is C11H21ClN2O2. The summed E-state index contributed by atoms with van der Waals surface area (Å²) in [6.45, 7) is 2.61. The van der Waals surface area contributed by atoms with E-state index in [0.29, 0.717) is 0 Å². The Balaban J connectivity index is 0.00000128. The number of nitrogens with zero attached hydrogens (tertiary/aromatic N) is 1. The predicted octanol–water partition coefficient (Wildman–Crippen LogP) is 0.798. The maximum absolute atomic E-state index is 12.1. The van der Waals surface area contributed by atoms with Crippen molar-refractivity contribution < 1.29 is 9.53 Å². The van der Waals surface area contributed by atoms with Gasteiger partial charge in [0.05, 0.1) is 12.1 Å². The van der Waals surface area contributed by atoms with Crippen LogP contribution < -0.4 is 5.32 Å². The minimum Gasteiger partial charge on any atom is -0.380 e. The molecule has 16 heavy (non-hydrogen) atoms. The van der Waals surface area contributed by atoms with Crippen LogP contribution in [0.1, 0.15) is 25.7 Å². The van der Waals surface area contributed by atoms with Gasteiger partial charge >= 0.3 is 0 Å². The third-order valence-corrected chi connectivity index (χ3v) is 3.40. The summed E-state index contributed by atoms with van der Waals surface area (Å²) in [5.74, 6) is 0.272. The zero-order chi connectivity index (χ0) is 10.7. The Morgan fingerprint density at radius 3 is 2.75 bits per heavy atom. The molecule has 0 bridgehead atoms. The normalized spacial score (nSPS) is 29.9. The number of ether oxygens (including phenoxy) is 1. The molecule has 0 saturated carbocycles. The summed E-state index contributed by atoms with van der Waals surface area (Å²) in [4.78, 5) is 14.0. The van der Waals surface area contributed by atoms with E-state index >= 15 is 0 Å². The number of nitrogens with one attached hydrogen (secondary N) is 1. The summed E-state index contributed by atoms with van der Waals surface area (Å²) in [6, 6.07) is 0.0642. The molecule has 0 unspecified atom stereocenters. The van der Waals surface area contributed by atoms with Crippen molar-refractivity contribution in [1.82, 2.24) is 10.2 Å². The first-order valence-corrected chi connectivity index (χ1v) is 5.86. The number of carbonyl (C=O) groups is 1. The van der Waals surface area contributed by atoms with E-state index in [2.05, 4.69) is 5.32 Å². The lowest BCUT2D eigenvalue weighted by molar-refractivity contribution is -0.133. The highest BCUT2D eigenvalue weighted by Gasteiger charge is 2.31. The largest absolute Gasteiger partial charge is 0.380 e. The Morgan fingerprint density at radius 2 is 2.19 bits per heavy atom. The number of amides is 1. The molecule has 2 aliphatic heterocycles. The zero-order valence-electron chi connectivity index (χ0n) is 9.78. The Morgan fingerprint density at radius 1 is 1.38 bits per heavy atom. The molecule has 4 nitrogen and oxygen atoms in total. The van der Waals surface area contributed by atoms with Crippen molar-refractivity contribution in [1.29, 1.82) is 0 Å². The third-order valence-electron chi connectivity index (χ3n) is 3.40. The molecule has 2 fully saturated rings. The highest BCUT2D eigenvalue weighted by molar-refractivity contribution is 5.85. The fourth-order valence-electron chi connectivity index (χ4n) is 2.40. The highest BCUT2D eigenvalue weighted by Crippen LogP contribution is 2.16. The highest BCUT2D eigenvalue weighted by atomic mass is 35.5. The van der Waals surface area contributed by atoms with Crippen LogP contribution in [0.4, 0.5) is 0 Å². The van der Waals surface area contributed by atoms with Gasteiger partial charge in [-0.2, -0.15) is 0 Å². The van der Waals surface area contributed by atoms with Crippen LogP contribution >= 0.6 is 12.4 Å². The third kappa shape index (κ3) is 3.09. The average molecular weight is 249 g/mol. The average Bonchev–Trinajstić information content (AvgIpc) is 2.78. The van der Waals surface area contributed by atoms with E-state index in [-0.39, 0.29) is 30.5 Å². The topological polar surface area (TPSA) is 41.6 Å². The number of carbonyl (C=O) groups excluding carboxylic acids is 1. The molecule has 0 aromatic heterocycles. The molecule has 2 aliphatic rings. The number of hydrogen-bond acceptors (Lipinski definition) is 3. The van der Waals surface area contributed by atoms with Gasteiger partial charge in [-0.05, 0) is 25.8 Å². The maximum Gasteiger partial charge on any atom is 0.239 e. The fourth-order valence-corrected chi connectivity index (χ4v) is 2.40. The van der Waals surface area contributed by atoms with Crippen LogP contribution in [0.5, 0.6) is 0 Å². The van der Waals surface area contributed by atoms with E-state index in [1.54, 1.807) is 7.11 Å². The van der Waals surface area contributed by atoms with Crippen molar-refractivity contribution in [3.8, 4) is 0 Å². The van der Waals surface area contributed by atoms with Gasteiger partial charge in [-0.15, -0.1) is 12.4 Å². The molecule has 0 aliphatic carbocycles. The number of piperidine rings is 1. The van der Waals surface area contributed by atoms with Gasteiger partial charge in [-0.25, -0.2) is 0 Å². The van der Waals surface area contributed by atoms with Crippen molar-refractivity contribution in [2.45, 2.75) is 37.8 Å². The number of hydrogen-bond donors (Lipinski definition) is 1. The maximum atomic E-state index is 12.1. The second kappa shape index (κ2) is 6.42. The lowest BCUT2D eigenvalue weighted by Crippen LogP contribution is -2.48. The first kappa shape index (κ1) is 13.7. The summed E-state index contributed by atoms with van der Waals surface area (Å²) >= 11 is 0. The standard InChI is InChI=1S/C11H20N2O2.ClH/c1-15-9-5-7-13(8-9)11(14)10-4-2-3-6-12-10;/h9-10,12H,2-8H2,1H3;1H/t9-,10-;/m1./s1. The number of likely N-dealkylation sites (tertiary alicyclic amines) is 1. The quantitative estimate of drug-likeness (QED) is 0.786. The number of halogens is 1.